The summed E-state index contributed by atoms with van der Waals surface area (Å²) in [5.41, 5.74) is 5.28. The average molecular weight is 381 g/mol. The first-order valence-electron chi connectivity index (χ1n) is 8.99. The summed E-state index contributed by atoms with van der Waals surface area (Å²) in [6.07, 6.45) is 1.04. The Hall–Kier alpha value is -2.53. The summed E-state index contributed by atoms with van der Waals surface area (Å²) < 4.78 is 5.14. The molecule has 0 aliphatic rings. The van der Waals surface area contributed by atoms with Crippen LogP contribution < -0.4 is 5.32 Å². The highest BCUT2D eigenvalue weighted by atomic mass is 32.2. The number of carbonyl (C=O) groups is 1. The second kappa shape index (κ2) is 8.44. The van der Waals surface area contributed by atoms with Crippen molar-refractivity contribution < 1.29 is 9.32 Å². The van der Waals surface area contributed by atoms with Crippen LogP contribution in [0.3, 0.4) is 0 Å². The third-order valence-electron chi connectivity index (χ3n) is 4.64. The van der Waals surface area contributed by atoms with E-state index in [-0.39, 0.29) is 5.91 Å². The van der Waals surface area contributed by atoms with Crippen molar-refractivity contribution in [2.75, 3.05) is 5.32 Å². The first-order valence-corrected chi connectivity index (χ1v) is 9.81. The van der Waals surface area contributed by atoms with Gasteiger partial charge in [0.15, 0.2) is 0 Å². The van der Waals surface area contributed by atoms with Gasteiger partial charge in [-0.2, -0.15) is 0 Å². The number of rotatable bonds is 6. The fourth-order valence-electron chi connectivity index (χ4n) is 2.84. The maximum Gasteiger partial charge on any atom is 0.224 e. The Kier molecular flexibility index (Phi) is 6.01. The zero-order valence-electron chi connectivity index (χ0n) is 16.1. The van der Waals surface area contributed by atoms with Gasteiger partial charge in [-0.05, 0) is 81.6 Å². The molecule has 3 aromatic rings. The molecule has 0 fully saturated rings. The molecule has 2 aromatic carbocycles. The Balaban J connectivity index is 1.55. The van der Waals surface area contributed by atoms with Gasteiger partial charge in [0.2, 0.25) is 5.91 Å². The third-order valence-corrected chi connectivity index (χ3v) is 5.63. The van der Waals surface area contributed by atoms with E-state index in [2.05, 4.69) is 42.5 Å². The summed E-state index contributed by atoms with van der Waals surface area (Å²) in [6.45, 7) is 8.02. The molecule has 3 rings (SSSR count). The van der Waals surface area contributed by atoms with Gasteiger partial charge in [-0.1, -0.05) is 23.0 Å². The molecule has 0 saturated carbocycles. The maximum atomic E-state index is 12.2. The van der Waals surface area contributed by atoms with Crippen molar-refractivity contribution in [1.29, 1.82) is 0 Å². The van der Waals surface area contributed by atoms with Crippen LogP contribution in [0.4, 0.5) is 5.69 Å². The number of aromatic nitrogens is 1. The second-order valence-electron chi connectivity index (χ2n) is 6.72. The topological polar surface area (TPSA) is 55.1 Å². The Morgan fingerprint density at radius 2 is 1.70 bits per heavy atom. The Morgan fingerprint density at radius 1 is 1.00 bits per heavy atom. The molecule has 0 bridgehead atoms. The molecule has 27 heavy (non-hydrogen) atoms. The van der Waals surface area contributed by atoms with E-state index in [1.165, 1.54) is 16.0 Å². The molecule has 0 aliphatic heterocycles. The number of aryl methyl sites for hydroxylation is 4. The highest BCUT2D eigenvalue weighted by Gasteiger charge is 2.11. The number of hydrogen-bond donors (Lipinski definition) is 1. The lowest BCUT2D eigenvalue weighted by Crippen LogP contribution is -2.12. The third kappa shape index (κ3) is 5.01. The number of nitrogens with one attached hydrogen (secondary N) is 1. The summed E-state index contributed by atoms with van der Waals surface area (Å²) in [7, 11) is 0. The van der Waals surface area contributed by atoms with Crippen LogP contribution >= 0.6 is 11.8 Å². The summed E-state index contributed by atoms with van der Waals surface area (Å²) in [5, 5.41) is 6.88. The fraction of sp³-hybridized carbons (Fsp3) is 0.273. The lowest BCUT2D eigenvalue weighted by atomic mass is 10.1. The number of anilines is 1. The van der Waals surface area contributed by atoms with Crippen LogP contribution in [0.15, 0.2) is 56.8 Å². The quantitative estimate of drug-likeness (QED) is 0.602. The van der Waals surface area contributed by atoms with E-state index in [4.69, 9.17) is 4.52 Å². The Bertz CT molecular complexity index is 926. The van der Waals surface area contributed by atoms with Crippen LogP contribution in [0.2, 0.25) is 0 Å². The zero-order valence-corrected chi connectivity index (χ0v) is 16.9. The Labute approximate surface area is 164 Å². The molecule has 0 saturated heterocycles. The van der Waals surface area contributed by atoms with Crippen LogP contribution in [-0.2, 0) is 11.2 Å². The number of hydrogen-bond acceptors (Lipinski definition) is 4. The van der Waals surface area contributed by atoms with Gasteiger partial charge in [0.1, 0.15) is 5.76 Å². The molecule has 1 aromatic heterocycles. The summed E-state index contributed by atoms with van der Waals surface area (Å²) in [4.78, 5) is 14.6. The summed E-state index contributed by atoms with van der Waals surface area (Å²) >= 11 is 1.72. The minimum atomic E-state index is -0.00966. The van der Waals surface area contributed by atoms with E-state index in [0.717, 1.165) is 27.6 Å². The van der Waals surface area contributed by atoms with Crippen LogP contribution in [0.25, 0.3) is 0 Å². The average Bonchev–Trinajstić information content (AvgIpc) is 2.96. The lowest BCUT2D eigenvalue weighted by Gasteiger charge is -2.08. The minimum Gasteiger partial charge on any atom is -0.361 e. The molecule has 140 valence electrons. The highest BCUT2D eigenvalue weighted by molar-refractivity contribution is 7.99. The molecule has 0 unspecified atom stereocenters. The van der Waals surface area contributed by atoms with E-state index >= 15 is 0 Å². The van der Waals surface area contributed by atoms with Crippen LogP contribution in [0, 0.1) is 27.7 Å². The first-order chi connectivity index (χ1) is 12.9. The molecule has 0 spiro atoms. The van der Waals surface area contributed by atoms with E-state index in [0.29, 0.717) is 12.8 Å². The smallest absolute Gasteiger partial charge is 0.224 e. The van der Waals surface area contributed by atoms with Crippen molar-refractivity contribution in [1.82, 2.24) is 5.16 Å². The molecular weight excluding hydrogens is 356 g/mol. The van der Waals surface area contributed by atoms with Gasteiger partial charge in [0.25, 0.3) is 0 Å². The molecule has 1 heterocycles. The van der Waals surface area contributed by atoms with Gasteiger partial charge in [-0.3, -0.25) is 4.79 Å². The maximum absolute atomic E-state index is 12.2. The molecule has 1 amide bonds. The molecule has 4 nitrogen and oxygen atoms in total. The van der Waals surface area contributed by atoms with Crippen molar-refractivity contribution in [3.05, 3.63) is 70.6 Å². The number of carbonyl (C=O) groups excluding carboxylic acids is 1. The van der Waals surface area contributed by atoms with E-state index in [1.807, 2.05) is 38.1 Å². The SMILES string of the molecule is Cc1ccc(Sc2ccc(NC(=O)CCc3c(C)noc3C)cc2)cc1C. The summed E-state index contributed by atoms with van der Waals surface area (Å²) in [5.74, 6) is 0.776. The largest absolute Gasteiger partial charge is 0.361 e. The predicted octanol–water partition coefficient (Wildman–Crippen LogP) is 5.63. The van der Waals surface area contributed by atoms with Crippen LogP contribution in [0.1, 0.15) is 34.6 Å². The van der Waals surface area contributed by atoms with Crippen molar-refractivity contribution in [2.24, 2.45) is 0 Å². The van der Waals surface area contributed by atoms with Gasteiger partial charge in [-0.15, -0.1) is 0 Å². The van der Waals surface area contributed by atoms with E-state index in [1.54, 1.807) is 11.8 Å². The second-order valence-corrected chi connectivity index (χ2v) is 7.87. The first kappa shape index (κ1) is 19.2. The molecule has 1 N–H and O–H groups in total. The van der Waals surface area contributed by atoms with Crippen LogP contribution in [-0.4, -0.2) is 11.1 Å². The van der Waals surface area contributed by atoms with E-state index < -0.39 is 0 Å². The Morgan fingerprint density at radius 3 is 2.33 bits per heavy atom. The number of nitrogens with zero attached hydrogens (tertiary/aromatic N) is 1. The van der Waals surface area contributed by atoms with Gasteiger partial charge >= 0.3 is 0 Å². The lowest BCUT2D eigenvalue weighted by molar-refractivity contribution is -0.116. The van der Waals surface area contributed by atoms with Crippen molar-refractivity contribution in [3.63, 3.8) is 0 Å². The van der Waals surface area contributed by atoms with Gasteiger partial charge < -0.3 is 9.84 Å². The number of amides is 1. The molecule has 0 atom stereocenters. The van der Waals surface area contributed by atoms with Crippen molar-refractivity contribution in [2.45, 2.75) is 50.3 Å². The predicted molar refractivity (Wildman–Crippen MR) is 109 cm³/mol. The van der Waals surface area contributed by atoms with Gasteiger partial charge in [0, 0.05) is 27.5 Å². The van der Waals surface area contributed by atoms with Gasteiger partial charge in [0.05, 0.1) is 5.69 Å². The van der Waals surface area contributed by atoms with Crippen molar-refractivity contribution in [3.8, 4) is 0 Å². The van der Waals surface area contributed by atoms with Crippen molar-refractivity contribution >= 4 is 23.4 Å². The van der Waals surface area contributed by atoms with Crippen LogP contribution in [0.5, 0.6) is 0 Å². The fourth-order valence-corrected chi connectivity index (χ4v) is 3.76. The molecule has 0 radical (unpaired) electrons. The highest BCUT2D eigenvalue weighted by Crippen LogP contribution is 2.29. The monoisotopic (exact) mass is 380 g/mol. The molecule has 5 heteroatoms. The van der Waals surface area contributed by atoms with E-state index in [9.17, 15) is 4.79 Å². The molecular formula is C22H24N2O2S. The normalized spacial score (nSPS) is 10.8. The minimum absolute atomic E-state index is 0.00966. The zero-order chi connectivity index (χ0) is 19.4. The standard InChI is InChI=1S/C22H24N2O2S/c1-14-5-8-20(13-15(14)2)27-19-9-6-18(7-10-19)23-22(25)12-11-21-16(3)24-26-17(21)4/h5-10,13H,11-12H2,1-4H3,(H,23,25). The molecule has 0 aliphatic carbocycles. The van der Waals surface area contributed by atoms with Gasteiger partial charge in [-0.25, -0.2) is 0 Å². The number of benzene rings is 2. The summed E-state index contributed by atoms with van der Waals surface area (Å²) in [6, 6.07) is 14.4.